The fraction of sp³-hybridized carbons (Fsp3) is 0.400. The topological polar surface area (TPSA) is 30.5 Å². The van der Waals surface area contributed by atoms with Crippen LogP contribution in [0.25, 0.3) is 0 Å². The highest BCUT2D eigenvalue weighted by Crippen LogP contribution is 2.39. The standard InChI is InChI=1S/C20H26F3NO2Si/c1-19(2,3)27(5,6)26-16-10-7-14(8-11-16)24-15-9-12-18(25-4)17(13-15)20(21,22)23/h7-13,24H,1-6H3. The molecule has 0 spiro atoms. The summed E-state index contributed by atoms with van der Waals surface area (Å²) < 4.78 is 50.4. The Morgan fingerprint density at radius 3 is 1.93 bits per heavy atom. The third-order valence-electron chi connectivity index (χ3n) is 4.83. The maximum absolute atomic E-state index is 13.1. The number of ether oxygens (including phenoxy) is 1. The summed E-state index contributed by atoms with van der Waals surface area (Å²) in [6.45, 7) is 10.8. The number of hydrogen-bond donors (Lipinski definition) is 1. The molecule has 0 aliphatic heterocycles. The fourth-order valence-electron chi connectivity index (χ4n) is 2.23. The molecule has 2 aromatic carbocycles. The van der Waals surface area contributed by atoms with E-state index in [0.29, 0.717) is 11.4 Å². The van der Waals surface area contributed by atoms with Gasteiger partial charge >= 0.3 is 6.18 Å². The molecule has 2 rings (SSSR count). The Hall–Kier alpha value is -2.15. The Morgan fingerprint density at radius 1 is 0.889 bits per heavy atom. The Balaban J connectivity index is 2.18. The molecule has 7 heteroatoms. The minimum absolute atomic E-state index is 0.0843. The van der Waals surface area contributed by atoms with Crippen molar-refractivity contribution < 1.29 is 22.3 Å². The van der Waals surface area contributed by atoms with Gasteiger partial charge in [-0.15, -0.1) is 0 Å². The van der Waals surface area contributed by atoms with Crippen LogP contribution in [0.4, 0.5) is 24.5 Å². The second-order valence-corrected chi connectivity index (χ2v) is 12.6. The molecule has 0 amide bonds. The van der Waals surface area contributed by atoms with Gasteiger partial charge in [-0.05, 0) is 60.6 Å². The lowest BCUT2D eigenvalue weighted by Gasteiger charge is -2.36. The van der Waals surface area contributed by atoms with Crippen molar-refractivity contribution in [1.29, 1.82) is 0 Å². The minimum Gasteiger partial charge on any atom is -0.544 e. The Morgan fingerprint density at radius 2 is 1.44 bits per heavy atom. The van der Waals surface area contributed by atoms with Crippen LogP contribution in [-0.2, 0) is 6.18 Å². The molecule has 0 radical (unpaired) electrons. The summed E-state index contributed by atoms with van der Waals surface area (Å²) in [6, 6.07) is 11.1. The van der Waals surface area contributed by atoms with Gasteiger partial charge in [0, 0.05) is 11.4 Å². The second kappa shape index (κ2) is 7.46. The number of alkyl halides is 3. The summed E-state index contributed by atoms with van der Waals surface area (Å²) in [6.07, 6.45) is -4.48. The van der Waals surface area contributed by atoms with Crippen molar-refractivity contribution >= 4 is 19.7 Å². The molecule has 0 aromatic heterocycles. The molecule has 0 fully saturated rings. The van der Waals surface area contributed by atoms with Crippen molar-refractivity contribution in [1.82, 2.24) is 0 Å². The average molecular weight is 398 g/mol. The number of hydrogen-bond acceptors (Lipinski definition) is 3. The lowest BCUT2D eigenvalue weighted by Crippen LogP contribution is -2.43. The van der Waals surface area contributed by atoms with E-state index in [-0.39, 0.29) is 10.8 Å². The zero-order valence-corrected chi connectivity index (χ0v) is 17.5. The predicted molar refractivity (Wildman–Crippen MR) is 106 cm³/mol. The summed E-state index contributed by atoms with van der Waals surface area (Å²) in [4.78, 5) is 0. The van der Waals surface area contributed by atoms with Crippen LogP contribution < -0.4 is 14.5 Å². The van der Waals surface area contributed by atoms with E-state index in [1.165, 1.54) is 13.2 Å². The van der Waals surface area contributed by atoms with E-state index < -0.39 is 20.1 Å². The van der Waals surface area contributed by atoms with Crippen LogP contribution in [0.1, 0.15) is 26.3 Å². The molecule has 148 valence electrons. The van der Waals surface area contributed by atoms with E-state index in [4.69, 9.17) is 9.16 Å². The Kier molecular flexibility index (Phi) is 5.84. The summed E-state index contributed by atoms with van der Waals surface area (Å²) in [5.74, 6) is 0.559. The zero-order chi connectivity index (χ0) is 20.5. The summed E-state index contributed by atoms with van der Waals surface area (Å²) in [5.41, 5.74) is 0.199. The maximum atomic E-state index is 13.1. The molecule has 3 nitrogen and oxygen atoms in total. The van der Waals surface area contributed by atoms with Crippen molar-refractivity contribution in [2.24, 2.45) is 0 Å². The molecule has 1 N–H and O–H groups in total. The van der Waals surface area contributed by atoms with Gasteiger partial charge < -0.3 is 14.5 Å². The normalized spacial score (nSPS) is 12.6. The highest BCUT2D eigenvalue weighted by Gasteiger charge is 2.39. The van der Waals surface area contributed by atoms with Crippen LogP contribution in [0.3, 0.4) is 0 Å². The molecule has 0 bridgehead atoms. The van der Waals surface area contributed by atoms with Gasteiger partial charge in [-0.25, -0.2) is 0 Å². The molecule has 0 heterocycles. The number of rotatable bonds is 5. The molecule has 0 unspecified atom stereocenters. The SMILES string of the molecule is COc1ccc(Nc2ccc(O[Si](C)(C)C(C)(C)C)cc2)cc1C(F)(F)F. The Bertz CT molecular complexity index is 781. The lowest BCUT2D eigenvalue weighted by atomic mass is 10.1. The highest BCUT2D eigenvalue weighted by atomic mass is 28.4. The van der Waals surface area contributed by atoms with Crippen LogP contribution in [0, 0.1) is 0 Å². The first kappa shape index (κ1) is 21.2. The molecule has 0 atom stereocenters. The number of benzene rings is 2. The second-order valence-electron chi connectivity index (χ2n) is 7.92. The van der Waals surface area contributed by atoms with E-state index in [1.54, 1.807) is 18.2 Å². The molecule has 0 aliphatic rings. The van der Waals surface area contributed by atoms with Crippen LogP contribution >= 0.6 is 0 Å². The first-order valence-corrected chi connectivity index (χ1v) is 11.6. The monoisotopic (exact) mass is 397 g/mol. The summed E-state index contributed by atoms with van der Waals surface area (Å²) in [7, 11) is -0.715. The molecular weight excluding hydrogens is 371 g/mol. The van der Waals surface area contributed by atoms with Gasteiger partial charge in [-0.2, -0.15) is 13.2 Å². The first-order valence-electron chi connectivity index (χ1n) is 8.65. The van der Waals surface area contributed by atoms with Crippen molar-refractivity contribution in [2.75, 3.05) is 12.4 Å². The van der Waals surface area contributed by atoms with E-state index in [9.17, 15) is 13.2 Å². The van der Waals surface area contributed by atoms with Crippen LogP contribution in [-0.4, -0.2) is 15.4 Å². The molecule has 0 aliphatic carbocycles. The van der Waals surface area contributed by atoms with Crippen molar-refractivity contribution in [3.8, 4) is 11.5 Å². The van der Waals surface area contributed by atoms with Gasteiger partial charge in [-0.3, -0.25) is 0 Å². The Labute approximate surface area is 159 Å². The van der Waals surface area contributed by atoms with Gasteiger partial charge in [-0.1, -0.05) is 20.8 Å². The third-order valence-corrected chi connectivity index (χ3v) is 9.19. The minimum atomic E-state index is -4.48. The molecule has 0 saturated heterocycles. The quantitative estimate of drug-likeness (QED) is 0.560. The number of halogens is 3. The zero-order valence-electron chi connectivity index (χ0n) is 16.5. The number of methoxy groups -OCH3 is 1. The van der Waals surface area contributed by atoms with Crippen LogP contribution in [0.2, 0.25) is 18.1 Å². The average Bonchev–Trinajstić information content (AvgIpc) is 2.54. The largest absolute Gasteiger partial charge is 0.544 e. The van der Waals surface area contributed by atoms with E-state index in [2.05, 4.69) is 39.2 Å². The van der Waals surface area contributed by atoms with Gasteiger partial charge in [0.1, 0.15) is 11.5 Å². The molecule has 2 aromatic rings. The van der Waals surface area contributed by atoms with E-state index in [0.717, 1.165) is 11.8 Å². The molecule has 27 heavy (non-hydrogen) atoms. The van der Waals surface area contributed by atoms with Crippen molar-refractivity contribution in [2.45, 2.75) is 45.1 Å². The highest BCUT2D eigenvalue weighted by molar-refractivity contribution is 6.74. The van der Waals surface area contributed by atoms with Crippen molar-refractivity contribution in [3.05, 3.63) is 48.0 Å². The van der Waals surface area contributed by atoms with Gasteiger partial charge in [0.15, 0.2) is 0 Å². The smallest absolute Gasteiger partial charge is 0.420 e. The van der Waals surface area contributed by atoms with Gasteiger partial charge in [0.25, 0.3) is 0 Å². The van der Waals surface area contributed by atoms with Gasteiger partial charge in [0.2, 0.25) is 8.32 Å². The molecule has 0 saturated carbocycles. The van der Waals surface area contributed by atoms with E-state index >= 15 is 0 Å². The number of nitrogens with one attached hydrogen (secondary N) is 1. The third kappa shape index (κ3) is 5.19. The van der Waals surface area contributed by atoms with Crippen molar-refractivity contribution in [3.63, 3.8) is 0 Å². The predicted octanol–water partition coefficient (Wildman–Crippen LogP) is 6.84. The van der Waals surface area contributed by atoms with Gasteiger partial charge in [0.05, 0.1) is 12.7 Å². The summed E-state index contributed by atoms with van der Waals surface area (Å²) in [5, 5.41) is 3.07. The molecular formula is C20H26F3NO2Si. The number of anilines is 2. The van der Waals surface area contributed by atoms with Crippen LogP contribution in [0.15, 0.2) is 42.5 Å². The fourth-order valence-corrected chi connectivity index (χ4v) is 3.26. The lowest BCUT2D eigenvalue weighted by molar-refractivity contribution is -0.138. The summed E-state index contributed by atoms with van der Waals surface area (Å²) >= 11 is 0. The van der Waals surface area contributed by atoms with E-state index in [1.807, 2.05) is 12.1 Å². The first-order chi connectivity index (χ1) is 12.3. The van der Waals surface area contributed by atoms with Crippen LogP contribution in [0.5, 0.6) is 11.5 Å². The maximum Gasteiger partial charge on any atom is 0.420 e.